The summed E-state index contributed by atoms with van der Waals surface area (Å²) < 4.78 is 11.4. The molecule has 1 saturated heterocycles. The quantitative estimate of drug-likeness (QED) is 0.867. The van der Waals surface area contributed by atoms with E-state index in [1.165, 1.54) is 5.56 Å². The average molecular weight is 292 g/mol. The third-order valence-electron chi connectivity index (χ3n) is 4.12. The molecule has 2 aliphatic heterocycles. The number of aryl methyl sites for hydroxylation is 1. The molecule has 0 saturated carbocycles. The zero-order valence-electron chi connectivity index (χ0n) is 11.4. The SMILES string of the molecule is O=C1Nc2ccccc2CCC1NC1CCS(=O)CC1. The van der Waals surface area contributed by atoms with Gasteiger partial charge in [-0.15, -0.1) is 0 Å². The summed E-state index contributed by atoms with van der Waals surface area (Å²) in [6, 6.07) is 8.17. The van der Waals surface area contributed by atoms with E-state index in [-0.39, 0.29) is 11.9 Å². The molecule has 0 aromatic heterocycles. The van der Waals surface area contributed by atoms with Crippen LogP contribution in [0.3, 0.4) is 0 Å². The highest BCUT2D eigenvalue weighted by molar-refractivity contribution is 7.85. The highest BCUT2D eigenvalue weighted by Crippen LogP contribution is 2.22. The number of amides is 1. The van der Waals surface area contributed by atoms with Crippen LogP contribution in [-0.2, 0) is 22.0 Å². The molecule has 1 amide bonds. The number of hydrogen-bond donors (Lipinski definition) is 2. The van der Waals surface area contributed by atoms with Crippen LogP contribution >= 0.6 is 0 Å². The molecule has 1 aromatic carbocycles. The van der Waals surface area contributed by atoms with Gasteiger partial charge in [0.05, 0.1) is 6.04 Å². The van der Waals surface area contributed by atoms with Crippen LogP contribution in [0.4, 0.5) is 5.69 Å². The van der Waals surface area contributed by atoms with Gasteiger partial charge in [-0.3, -0.25) is 9.00 Å². The number of anilines is 1. The van der Waals surface area contributed by atoms with E-state index in [9.17, 15) is 9.00 Å². The van der Waals surface area contributed by atoms with Crippen molar-refractivity contribution in [1.29, 1.82) is 0 Å². The molecule has 2 heterocycles. The lowest BCUT2D eigenvalue weighted by atomic mass is 10.0. The number of para-hydroxylation sites is 1. The van der Waals surface area contributed by atoms with Gasteiger partial charge < -0.3 is 10.6 Å². The summed E-state index contributed by atoms with van der Waals surface area (Å²) in [5.74, 6) is 1.57. The summed E-state index contributed by atoms with van der Waals surface area (Å²) in [6.07, 6.45) is 3.54. The van der Waals surface area contributed by atoms with Gasteiger partial charge in [0.15, 0.2) is 0 Å². The lowest BCUT2D eigenvalue weighted by Gasteiger charge is -2.26. The lowest BCUT2D eigenvalue weighted by Crippen LogP contribution is -2.47. The number of hydrogen-bond acceptors (Lipinski definition) is 3. The van der Waals surface area contributed by atoms with Gasteiger partial charge in [0.1, 0.15) is 0 Å². The molecule has 1 aromatic rings. The van der Waals surface area contributed by atoms with Gasteiger partial charge in [0, 0.05) is 34.0 Å². The zero-order chi connectivity index (χ0) is 13.9. The number of carbonyl (C=O) groups is 1. The molecule has 5 heteroatoms. The van der Waals surface area contributed by atoms with Crippen molar-refractivity contribution in [3.05, 3.63) is 29.8 Å². The molecule has 1 unspecified atom stereocenters. The topological polar surface area (TPSA) is 58.2 Å². The molecular formula is C15H20N2O2S. The van der Waals surface area contributed by atoms with Crippen LogP contribution in [0.2, 0.25) is 0 Å². The molecule has 2 aliphatic rings. The van der Waals surface area contributed by atoms with Crippen molar-refractivity contribution in [2.45, 2.75) is 37.8 Å². The molecule has 4 nitrogen and oxygen atoms in total. The van der Waals surface area contributed by atoms with Crippen LogP contribution < -0.4 is 10.6 Å². The van der Waals surface area contributed by atoms with Crippen LogP contribution in [0.5, 0.6) is 0 Å². The second kappa shape index (κ2) is 6.06. The van der Waals surface area contributed by atoms with Gasteiger partial charge in [0.25, 0.3) is 0 Å². The fourth-order valence-electron chi connectivity index (χ4n) is 2.92. The van der Waals surface area contributed by atoms with E-state index in [2.05, 4.69) is 16.7 Å². The molecule has 1 atom stereocenters. The monoisotopic (exact) mass is 292 g/mol. The van der Waals surface area contributed by atoms with Crippen LogP contribution in [-0.4, -0.2) is 33.7 Å². The number of rotatable bonds is 2. The molecule has 2 N–H and O–H groups in total. The highest BCUT2D eigenvalue weighted by Gasteiger charge is 2.27. The average Bonchev–Trinajstić information content (AvgIpc) is 2.61. The largest absolute Gasteiger partial charge is 0.324 e. The molecule has 0 bridgehead atoms. The Balaban J connectivity index is 1.64. The lowest BCUT2D eigenvalue weighted by molar-refractivity contribution is -0.118. The van der Waals surface area contributed by atoms with E-state index in [4.69, 9.17) is 0 Å². The summed E-state index contributed by atoms with van der Waals surface area (Å²) >= 11 is 0. The maximum atomic E-state index is 12.3. The zero-order valence-corrected chi connectivity index (χ0v) is 12.2. The van der Waals surface area contributed by atoms with Gasteiger partial charge in [-0.05, 0) is 37.3 Å². The molecule has 1 fully saturated rings. The fraction of sp³-hybridized carbons (Fsp3) is 0.533. The fourth-order valence-corrected chi connectivity index (χ4v) is 4.21. The van der Waals surface area contributed by atoms with Crippen molar-refractivity contribution in [3.8, 4) is 0 Å². The van der Waals surface area contributed by atoms with E-state index in [0.29, 0.717) is 6.04 Å². The van der Waals surface area contributed by atoms with Crippen molar-refractivity contribution in [1.82, 2.24) is 5.32 Å². The first-order valence-corrected chi connectivity index (χ1v) is 8.71. The molecule has 0 radical (unpaired) electrons. The second-order valence-corrected chi connectivity index (χ2v) is 7.22. The summed E-state index contributed by atoms with van der Waals surface area (Å²) in [7, 11) is -0.653. The van der Waals surface area contributed by atoms with E-state index >= 15 is 0 Å². The minimum Gasteiger partial charge on any atom is -0.324 e. The number of benzene rings is 1. The Morgan fingerprint density at radius 1 is 1.15 bits per heavy atom. The standard InChI is InChI=1S/C15H20N2O2S/c18-15-14(16-12-7-9-20(19)10-8-12)6-5-11-3-1-2-4-13(11)17-15/h1-4,12,14,16H,5-10H2,(H,17,18). The Morgan fingerprint density at radius 3 is 2.70 bits per heavy atom. The highest BCUT2D eigenvalue weighted by atomic mass is 32.2. The van der Waals surface area contributed by atoms with Crippen molar-refractivity contribution < 1.29 is 9.00 Å². The van der Waals surface area contributed by atoms with Crippen molar-refractivity contribution in [2.75, 3.05) is 16.8 Å². The van der Waals surface area contributed by atoms with Crippen molar-refractivity contribution >= 4 is 22.4 Å². The summed E-state index contributed by atoms with van der Waals surface area (Å²) in [5.41, 5.74) is 2.14. The molecule has 0 aliphatic carbocycles. The van der Waals surface area contributed by atoms with Crippen LogP contribution in [0.1, 0.15) is 24.8 Å². The third-order valence-corrected chi connectivity index (χ3v) is 5.50. The predicted octanol–water partition coefficient (Wildman–Crippen LogP) is 1.44. The Labute approximate surface area is 121 Å². The van der Waals surface area contributed by atoms with Gasteiger partial charge in [-0.1, -0.05) is 18.2 Å². The number of fused-ring (bicyclic) bond motifs is 1. The summed E-state index contributed by atoms with van der Waals surface area (Å²) in [4.78, 5) is 12.3. The van der Waals surface area contributed by atoms with Crippen LogP contribution in [0.25, 0.3) is 0 Å². The number of carbonyl (C=O) groups excluding carboxylic acids is 1. The first-order chi connectivity index (χ1) is 9.72. The van der Waals surface area contributed by atoms with Crippen LogP contribution in [0.15, 0.2) is 24.3 Å². The van der Waals surface area contributed by atoms with E-state index < -0.39 is 10.8 Å². The second-order valence-electron chi connectivity index (χ2n) is 5.53. The molecule has 108 valence electrons. The van der Waals surface area contributed by atoms with E-state index in [1.54, 1.807) is 0 Å². The minimum absolute atomic E-state index is 0.0571. The van der Waals surface area contributed by atoms with Gasteiger partial charge in [-0.25, -0.2) is 0 Å². The van der Waals surface area contributed by atoms with Gasteiger partial charge in [-0.2, -0.15) is 0 Å². The Kier molecular flexibility index (Phi) is 4.17. The van der Waals surface area contributed by atoms with E-state index in [0.717, 1.165) is 42.9 Å². The summed E-state index contributed by atoms with van der Waals surface area (Å²) in [5, 5.41) is 6.47. The maximum Gasteiger partial charge on any atom is 0.241 e. The van der Waals surface area contributed by atoms with Crippen LogP contribution in [0, 0.1) is 0 Å². The first-order valence-electron chi connectivity index (χ1n) is 7.22. The first kappa shape index (κ1) is 13.8. The maximum absolute atomic E-state index is 12.3. The van der Waals surface area contributed by atoms with E-state index in [1.807, 2.05) is 18.2 Å². The predicted molar refractivity (Wildman–Crippen MR) is 81.2 cm³/mol. The molecule has 20 heavy (non-hydrogen) atoms. The number of nitrogens with one attached hydrogen (secondary N) is 2. The third kappa shape index (κ3) is 3.10. The normalized spacial score (nSPS) is 30.2. The Morgan fingerprint density at radius 2 is 1.90 bits per heavy atom. The van der Waals surface area contributed by atoms with Gasteiger partial charge in [0.2, 0.25) is 5.91 Å². The molecular weight excluding hydrogens is 272 g/mol. The summed E-state index contributed by atoms with van der Waals surface area (Å²) in [6.45, 7) is 0. The van der Waals surface area contributed by atoms with Crippen molar-refractivity contribution in [3.63, 3.8) is 0 Å². The Bertz CT molecular complexity index is 522. The van der Waals surface area contributed by atoms with Gasteiger partial charge >= 0.3 is 0 Å². The molecule has 3 rings (SSSR count). The molecule has 0 spiro atoms. The Hall–Kier alpha value is -1.20. The van der Waals surface area contributed by atoms with Crippen molar-refractivity contribution in [2.24, 2.45) is 0 Å². The minimum atomic E-state index is -0.653. The smallest absolute Gasteiger partial charge is 0.241 e.